The number of hydrogen-bond donors (Lipinski definition) is 2. The summed E-state index contributed by atoms with van der Waals surface area (Å²) in [6.07, 6.45) is 0.327. The quantitative estimate of drug-likeness (QED) is 0.754. The molecule has 0 spiro atoms. The molecule has 6 heteroatoms. The highest BCUT2D eigenvalue weighted by molar-refractivity contribution is 5.81. The molecule has 4 atom stereocenters. The minimum atomic E-state index is -0.921. The number of carbonyl (C=O) groups excluding carboxylic acids is 1. The van der Waals surface area contributed by atoms with E-state index in [-0.39, 0.29) is 23.7 Å². The lowest BCUT2D eigenvalue weighted by Crippen LogP contribution is -2.39. The number of methoxy groups -OCH3 is 1. The maximum absolute atomic E-state index is 12.6. The van der Waals surface area contributed by atoms with E-state index < -0.39 is 17.8 Å². The van der Waals surface area contributed by atoms with Crippen LogP contribution in [0, 0.1) is 5.92 Å². The number of hydrogen-bond acceptors (Lipinski definition) is 6. The molecule has 2 heterocycles. The van der Waals surface area contributed by atoms with Crippen molar-refractivity contribution >= 4 is 5.97 Å². The van der Waals surface area contributed by atoms with Crippen LogP contribution in [0.4, 0.5) is 0 Å². The average Bonchev–Trinajstić information content (AvgIpc) is 3.23. The van der Waals surface area contributed by atoms with Gasteiger partial charge in [-0.25, -0.2) is 0 Å². The third kappa shape index (κ3) is 3.82. The summed E-state index contributed by atoms with van der Waals surface area (Å²) in [6, 6.07) is 12.6. The Bertz CT molecular complexity index is 899. The lowest BCUT2D eigenvalue weighted by atomic mass is 9.83. The first kappa shape index (κ1) is 19.7. The number of ether oxygens (including phenoxy) is 3. The van der Waals surface area contributed by atoms with Gasteiger partial charge in [0, 0.05) is 19.4 Å². The molecular weight excluding hydrogens is 372 g/mol. The third-order valence-electron chi connectivity index (χ3n) is 5.81. The fourth-order valence-electron chi connectivity index (χ4n) is 4.20. The van der Waals surface area contributed by atoms with Crippen molar-refractivity contribution in [3.8, 4) is 11.5 Å². The first-order chi connectivity index (χ1) is 13.8. The number of phenolic OH excluding ortho intramolecular Hbond substituents is 1. The zero-order chi connectivity index (χ0) is 20.8. The largest absolute Gasteiger partial charge is 0.508 e. The van der Waals surface area contributed by atoms with Gasteiger partial charge in [0.1, 0.15) is 17.6 Å². The molecule has 2 N–H and O–H groups in total. The zero-order valence-corrected chi connectivity index (χ0v) is 16.8. The van der Waals surface area contributed by atoms with Crippen molar-refractivity contribution in [2.24, 2.45) is 5.92 Å². The van der Waals surface area contributed by atoms with Crippen molar-refractivity contribution in [3.63, 3.8) is 0 Å². The van der Waals surface area contributed by atoms with E-state index in [1.165, 1.54) is 7.11 Å². The van der Waals surface area contributed by atoms with Crippen molar-refractivity contribution in [1.29, 1.82) is 0 Å². The van der Waals surface area contributed by atoms with Gasteiger partial charge >= 0.3 is 5.97 Å². The fourth-order valence-corrected chi connectivity index (χ4v) is 4.20. The predicted octanol–water partition coefficient (Wildman–Crippen LogP) is 2.94. The van der Waals surface area contributed by atoms with Crippen molar-refractivity contribution in [2.75, 3.05) is 7.11 Å². The van der Waals surface area contributed by atoms with Crippen molar-refractivity contribution in [1.82, 2.24) is 0 Å². The van der Waals surface area contributed by atoms with Gasteiger partial charge in [-0.05, 0) is 55.2 Å². The first-order valence-electron chi connectivity index (χ1n) is 9.79. The Kier molecular flexibility index (Phi) is 5.00. The summed E-state index contributed by atoms with van der Waals surface area (Å²) in [5.41, 5.74) is 1.98. The highest BCUT2D eigenvalue weighted by Crippen LogP contribution is 2.41. The lowest BCUT2D eigenvalue weighted by molar-refractivity contribution is -0.161. The molecule has 2 aromatic rings. The zero-order valence-electron chi connectivity index (χ0n) is 16.8. The molecule has 0 radical (unpaired) electrons. The second-order valence-corrected chi connectivity index (χ2v) is 8.38. The van der Waals surface area contributed by atoms with Gasteiger partial charge in [0.2, 0.25) is 6.29 Å². The molecule has 0 saturated carbocycles. The van der Waals surface area contributed by atoms with Crippen molar-refractivity contribution < 1.29 is 29.2 Å². The van der Waals surface area contributed by atoms with Gasteiger partial charge in [-0.15, -0.1) is 0 Å². The minimum absolute atomic E-state index is 0.153. The smallest absolute Gasteiger partial charge is 0.316 e. The molecule has 2 aromatic carbocycles. The molecule has 0 amide bonds. The molecule has 6 nitrogen and oxygen atoms in total. The second-order valence-electron chi connectivity index (χ2n) is 8.38. The van der Waals surface area contributed by atoms with E-state index >= 15 is 0 Å². The molecule has 0 aromatic heterocycles. The van der Waals surface area contributed by atoms with Crippen LogP contribution in [0.1, 0.15) is 36.5 Å². The summed E-state index contributed by atoms with van der Waals surface area (Å²) in [6.45, 7) is 3.49. The van der Waals surface area contributed by atoms with Gasteiger partial charge in [-0.3, -0.25) is 4.79 Å². The van der Waals surface area contributed by atoms with E-state index in [9.17, 15) is 15.0 Å². The molecule has 2 aliphatic heterocycles. The Morgan fingerprint density at radius 1 is 1.14 bits per heavy atom. The monoisotopic (exact) mass is 398 g/mol. The molecule has 1 saturated heterocycles. The first-order valence-corrected chi connectivity index (χ1v) is 9.79. The normalized spacial score (nSPS) is 26.1. The SMILES string of the molecule is COC1OC(=O)C(c2ccc(O)cc2)C1Cc1ccc2c(c1)CC(C(C)(C)O)O2. The van der Waals surface area contributed by atoms with Gasteiger partial charge in [-0.2, -0.15) is 0 Å². The van der Waals surface area contributed by atoms with E-state index in [0.29, 0.717) is 12.8 Å². The molecule has 4 unspecified atom stereocenters. The summed E-state index contributed by atoms with van der Waals surface area (Å²) in [7, 11) is 1.54. The van der Waals surface area contributed by atoms with E-state index in [2.05, 4.69) is 6.07 Å². The second kappa shape index (κ2) is 7.35. The number of fused-ring (bicyclic) bond motifs is 1. The summed E-state index contributed by atoms with van der Waals surface area (Å²) in [5.74, 6) is -0.0336. The highest BCUT2D eigenvalue weighted by Gasteiger charge is 2.46. The van der Waals surface area contributed by atoms with Crippen molar-refractivity contribution in [2.45, 2.75) is 50.6 Å². The van der Waals surface area contributed by atoms with Crippen LogP contribution >= 0.6 is 0 Å². The Morgan fingerprint density at radius 3 is 2.52 bits per heavy atom. The van der Waals surface area contributed by atoms with E-state index in [1.807, 2.05) is 12.1 Å². The number of esters is 1. The van der Waals surface area contributed by atoms with Gasteiger partial charge in [-0.1, -0.05) is 24.3 Å². The van der Waals surface area contributed by atoms with Gasteiger partial charge in [0.05, 0.1) is 11.5 Å². The van der Waals surface area contributed by atoms with Crippen LogP contribution in [-0.2, 0) is 27.1 Å². The predicted molar refractivity (Wildman–Crippen MR) is 106 cm³/mol. The number of cyclic esters (lactones) is 1. The van der Waals surface area contributed by atoms with E-state index in [4.69, 9.17) is 14.2 Å². The van der Waals surface area contributed by atoms with Crippen LogP contribution in [0.15, 0.2) is 42.5 Å². The standard InChI is InChI=1S/C23H26O6/c1-23(2,26)19-12-15-10-13(4-9-18(15)28-19)11-17-20(21(25)29-22(17)27-3)14-5-7-16(24)8-6-14/h4-10,17,19-20,22,24,26H,11-12H2,1-3H3. The summed E-state index contributed by atoms with van der Waals surface area (Å²) >= 11 is 0. The molecule has 29 heavy (non-hydrogen) atoms. The van der Waals surface area contributed by atoms with E-state index in [1.54, 1.807) is 38.1 Å². The maximum atomic E-state index is 12.6. The Balaban J connectivity index is 1.59. The molecule has 0 aliphatic carbocycles. The topological polar surface area (TPSA) is 85.2 Å². The van der Waals surface area contributed by atoms with Crippen LogP contribution in [0.2, 0.25) is 0 Å². The number of benzene rings is 2. The van der Waals surface area contributed by atoms with Gasteiger partial charge < -0.3 is 24.4 Å². The Hall–Kier alpha value is -2.57. The summed E-state index contributed by atoms with van der Waals surface area (Å²) in [5, 5.41) is 19.8. The third-order valence-corrected chi connectivity index (χ3v) is 5.81. The number of carbonyl (C=O) groups is 1. The van der Waals surface area contributed by atoms with Gasteiger partial charge in [0.25, 0.3) is 0 Å². The van der Waals surface area contributed by atoms with Crippen LogP contribution in [0.3, 0.4) is 0 Å². The maximum Gasteiger partial charge on any atom is 0.316 e. The molecule has 4 rings (SSSR count). The molecule has 154 valence electrons. The van der Waals surface area contributed by atoms with Crippen LogP contribution in [0.25, 0.3) is 0 Å². The Labute approximate surface area is 170 Å². The lowest BCUT2D eigenvalue weighted by Gasteiger charge is -2.24. The molecule has 0 bridgehead atoms. The van der Waals surface area contributed by atoms with Crippen LogP contribution < -0.4 is 4.74 Å². The summed E-state index contributed by atoms with van der Waals surface area (Å²) in [4.78, 5) is 12.6. The van der Waals surface area contributed by atoms with Gasteiger partial charge in [0.15, 0.2) is 0 Å². The average molecular weight is 398 g/mol. The molecular formula is C23H26O6. The molecule has 1 fully saturated rings. The number of phenols is 1. The Morgan fingerprint density at radius 2 is 1.86 bits per heavy atom. The van der Waals surface area contributed by atoms with Crippen molar-refractivity contribution in [3.05, 3.63) is 59.2 Å². The number of aromatic hydroxyl groups is 1. The number of rotatable bonds is 5. The number of aliphatic hydroxyl groups is 1. The summed E-state index contributed by atoms with van der Waals surface area (Å²) < 4.78 is 16.8. The fraction of sp³-hybridized carbons (Fsp3) is 0.435. The highest BCUT2D eigenvalue weighted by atomic mass is 16.7. The van der Waals surface area contributed by atoms with Crippen LogP contribution in [0.5, 0.6) is 11.5 Å². The van der Waals surface area contributed by atoms with E-state index in [0.717, 1.165) is 22.4 Å². The van der Waals surface area contributed by atoms with Crippen LogP contribution in [-0.4, -0.2) is 41.3 Å². The molecule has 2 aliphatic rings. The minimum Gasteiger partial charge on any atom is -0.508 e.